The molecule has 0 heterocycles. The first kappa shape index (κ1) is 19.5. The lowest BCUT2D eigenvalue weighted by Gasteiger charge is -2.13. The van der Waals surface area contributed by atoms with E-state index in [1.165, 1.54) is 0 Å². The largest absolute Gasteiger partial charge is 0.496 e. The van der Waals surface area contributed by atoms with Crippen LogP contribution >= 0.6 is 0 Å². The molecule has 2 aromatic carbocycles. The number of aryl methyl sites for hydroxylation is 2. The number of rotatable bonds is 7. The fourth-order valence-electron chi connectivity index (χ4n) is 2.70. The quantitative estimate of drug-likeness (QED) is 0.796. The Morgan fingerprint density at radius 3 is 2.50 bits per heavy atom. The number of hydrogen-bond donors (Lipinski definition) is 2. The Kier molecular flexibility index (Phi) is 6.78. The minimum Gasteiger partial charge on any atom is -0.496 e. The summed E-state index contributed by atoms with van der Waals surface area (Å²) in [6.45, 7) is 5.78. The number of ether oxygens (including phenoxy) is 1. The summed E-state index contributed by atoms with van der Waals surface area (Å²) in [5, 5.41) is 5.69. The number of hydrogen-bond acceptors (Lipinski definition) is 3. The van der Waals surface area contributed by atoms with Gasteiger partial charge in [0.15, 0.2) is 0 Å². The maximum absolute atomic E-state index is 12.3. The summed E-state index contributed by atoms with van der Waals surface area (Å²) in [7, 11) is 1.64. The van der Waals surface area contributed by atoms with Crippen molar-refractivity contribution in [3.05, 3.63) is 59.2 Å². The molecule has 2 aromatic rings. The average molecular weight is 354 g/mol. The van der Waals surface area contributed by atoms with Crippen LogP contribution in [0.3, 0.4) is 0 Å². The molecule has 0 spiro atoms. The molecule has 0 unspecified atom stereocenters. The van der Waals surface area contributed by atoms with E-state index in [2.05, 4.69) is 10.6 Å². The molecule has 0 aliphatic rings. The smallest absolute Gasteiger partial charge is 0.253 e. The molecule has 0 atom stereocenters. The van der Waals surface area contributed by atoms with Crippen molar-refractivity contribution in [2.75, 3.05) is 12.4 Å². The van der Waals surface area contributed by atoms with Gasteiger partial charge in [0.2, 0.25) is 5.91 Å². The topological polar surface area (TPSA) is 67.4 Å². The number of carbonyl (C=O) groups is 2. The third kappa shape index (κ3) is 5.34. The van der Waals surface area contributed by atoms with Crippen LogP contribution < -0.4 is 15.4 Å². The molecule has 2 N–H and O–H groups in total. The van der Waals surface area contributed by atoms with E-state index in [9.17, 15) is 9.59 Å². The number of nitrogens with one attached hydrogen (secondary N) is 2. The summed E-state index contributed by atoms with van der Waals surface area (Å²) in [4.78, 5) is 24.6. The number of amides is 2. The number of anilines is 1. The van der Waals surface area contributed by atoms with Crippen LogP contribution in [0.2, 0.25) is 0 Å². The molecular formula is C21H26N2O3. The molecule has 5 heteroatoms. The highest BCUT2D eigenvalue weighted by Crippen LogP contribution is 2.20. The van der Waals surface area contributed by atoms with E-state index in [1.807, 2.05) is 39.0 Å². The zero-order valence-electron chi connectivity index (χ0n) is 15.8. The summed E-state index contributed by atoms with van der Waals surface area (Å²) in [5.74, 6) is 0.522. The van der Waals surface area contributed by atoms with Gasteiger partial charge in [0.1, 0.15) is 5.75 Å². The maximum atomic E-state index is 12.3. The van der Waals surface area contributed by atoms with E-state index in [1.54, 1.807) is 31.4 Å². The van der Waals surface area contributed by atoms with Gasteiger partial charge in [-0.1, -0.05) is 24.3 Å². The van der Waals surface area contributed by atoms with Gasteiger partial charge in [-0.15, -0.1) is 0 Å². The van der Waals surface area contributed by atoms with Crippen LogP contribution in [0, 0.1) is 6.92 Å². The number of para-hydroxylation sites is 1. The van der Waals surface area contributed by atoms with Gasteiger partial charge in [0, 0.05) is 12.5 Å². The normalized spacial score (nSPS) is 10.5. The van der Waals surface area contributed by atoms with Crippen molar-refractivity contribution in [3.63, 3.8) is 0 Å². The van der Waals surface area contributed by atoms with Crippen LogP contribution in [-0.2, 0) is 11.2 Å². The standard InChI is InChI=1S/C21H26N2O3/c1-14(2)22-21(25)17-7-5-6-8-18(17)23-20(24)12-10-16-9-11-19(26-4)15(3)13-16/h5-9,11,13-14H,10,12H2,1-4H3,(H,22,25)(H,23,24). The summed E-state index contributed by atoms with van der Waals surface area (Å²) in [6, 6.07) is 13.0. The van der Waals surface area contributed by atoms with E-state index in [0.717, 1.165) is 16.9 Å². The minimum atomic E-state index is -0.193. The molecule has 2 amide bonds. The first-order valence-electron chi connectivity index (χ1n) is 8.74. The van der Waals surface area contributed by atoms with Crippen LogP contribution in [0.15, 0.2) is 42.5 Å². The van der Waals surface area contributed by atoms with Crippen LogP contribution in [0.25, 0.3) is 0 Å². The summed E-state index contributed by atoms with van der Waals surface area (Å²) >= 11 is 0. The molecule has 0 fully saturated rings. The first-order valence-corrected chi connectivity index (χ1v) is 8.74. The van der Waals surface area contributed by atoms with E-state index >= 15 is 0 Å². The zero-order valence-corrected chi connectivity index (χ0v) is 15.8. The lowest BCUT2D eigenvalue weighted by atomic mass is 10.1. The molecule has 0 radical (unpaired) electrons. The molecule has 138 valence electrons. The van der Waals surface area contributed by atoms with Crippen molar-refractivity contribution in [2.45, 2.75) is 39.7 Å². The van der Waals surface area contributed by atoms with E-state index < -0.39 is 0 Å². The zero-order chi connectivity index (χ0) is 19.1. The van der Waals surface area contributed by atoms with Gasteiger partial charge in [0.25, 0.3) is 5.91 Å². The molecule has 0 saturated heterocycles. The molecule has 2 rings (SSSR count). The predicted octanol–water partition coefficient (Wildman–Crippen LogP) is 3.71. The highest BCUT2D eigenvalue weighted by atomic mass is 16.5. The molecule has 0 aliphatic carbocycles. The highest BCUT2D eigenvalue weighted by Gasteiger charge is 2.14. The molecule has 0 bridgehead atoms. The fraction of sp³-hybridized carbons (Fsp3) is 0.333. The number of methoxy groups -OCH3 is 1. The van der Waals surface area contributed by atoms with Crippen LogP contribution in [-0.4, -0.2) is 25.0 Å². The van der Waals surface area contributed by atoms with Crippen molar-refractivity contribution in [1.82, 2.24) is 5.32 Å². The molecule has 5 nitrogen and oxygen atoms in total. The van der Waals surface area contributed by atoms with Gasteiger partial charge >= 0.3 is 0 Å². The lowest BCUT2D eigenvalue weighted by molar-refractivity contribution is -0.116. The minimum absolute atomic E-state index is 0.0320. The lowest BCUT2D eigenvalue weighted by Crippen LogP contribution is -2.31. The summed E-state index contributed by atoms with van der Waals surface area (Å²) < 4.78 is 5.25. The molecule has 0 saturated carbocycles. The summed E-state index contributed by atoms with van der Waals surface area (Å²) in [6.07, 6.45) is 0.961. The van der Waals surface area contributed by atoms with E-state index in [4.69, 9.17) is 4.74 Å². The van der Waals surface area contributed by atoms with Gasteiger partial charge in [-0.05, 0) is 56.5 Å². The molecule has 0 aromatic heterocycles. The fourth-order valence-corrected chi connectivity index (χ4v) is 2.70. The second-order valence-electron chi connectivity index (χ2n) is 6.53. The van der Waals surface area contributed by atoms with Gasteiger partial charge in [-0.2, -0.15) is 0 Å². The van der Waals surface area contributed by atoms with Gasteiger partial charge in [-0.3, -0.25) is 9.59 Å². The van der Waals surface area contributed by atoms with E-state index in [-0.39, 0.29) is 17.9 Å². The third-order valence-electron chi connectivity index (χ3n) is 3.97. The molecule has 0 aliphatic heterocycles. The summed E-state index contributed by atoms with van der Waals surface area (Å²) in [5.41, 5.74) is 3.11. The van der Waals surface area contributed by atoms with Crippen LogP contribution in [0.1, 0.15) is 41.8 Å². The molecule has 26 heavy (non-hydrogen) atoms. The van der Waals surface area contributed by atoms with Gasteiger partial charge in [0.05, 0.1) is 18.4 Å². The number of benzene rings is 2. The Morgan fingerprint density at radius 1 is 1.12 bits per heavy atom. The highest BCUT2D eigenvalue weighted by molar-refractivity contribution is 6.03. The average Bonchev–Trinajstić information content (AvgIpc) is 2.60. The Bertz CT molecular complexity index is 785. The Morgan fingerprint density at radius 2 is 1.85 bits per heavy atom. The second-order valence-corrected chi connectivity index (χ2v) is 6.53. The van der Waals surface area contributed by atoms with E-state index in [0.29, 0.717) is 24.1 Å². The monoisotopic (exact) mass is 354 g/mol. The Hall–Kier alpha value is -2.82. The van der Waals surface area contributed by atoms with Crippen LogP contribution in [0.4, 0.5) is 5.69 Å². The van der Waals surface area contributed by atoms with Crippen molar-refractivity contribution in [3.8, 4) is 5.75 Å². The van der Waals surface area contributed by atoms with Crippen molar-refractivity contribution in [2.24, 2.45) is 0 Å². The SMILES string of the molecule is COc1ccc(CCC(=O)Nc2ccccc2C(=O)NC(C)C)cc1C. The number of carbonyl (C=O) groups excluding carboxylic acids is 2. The Labute approximate surface area is 154 Å². The Balaban J connectivity index is 2.00. The van der Waals surface area contributed by atoms with Gasteiger partial charge in [-0.25, -0.2) is 0 Å². The third-order valence-corrected chi connectivity index (χ3v) is 3.97. The predicted molar refractivity (Wildman–Crippen MR) is 104 cm³/mol. The van der Waals surface area contributed by atoms with Crippen molar-refractivity contribution >= 4 is 17.5 Å². The van der Waals surface area contributed by atoms with Crippen LogP contribution in [0.5, 0.6) is 5.75 Å². The molecular weight excluding hydrogens is 328 g/mol. The van der Waals surface area contributed by atoms with Crippen molar-refractivity contribution < 1.29 is 14.3 Å². The second kappa shape index (κ2) is 9.04. The maximum Gasteiger partial charge on any atom is 0.253 e. The van der Waals surface area contributed by atoms with Gasteiger partial charge < -0.3 is 15.4 Å². The first-order chi connectivity index (χ1) is 12.4. The van der Waals surface area contributed by atoms with Crippen molar-refractivity contribution in [1.29, 1.82) is 0 Å².